The molecule has 1 rings (SSSR count). The number of hydrogen-bond acceptors (Lipinski definition) is 3. The second-order valence-electron chi connectivity index (χ2n) is 4.46. The van der Waals surface area contributed by atoms with Gasteiger partial charge in [-0.15, -0.1) is 0 Å². The molecule has 2 atom stereocenters. The zero-order chi connectivity index (χ0) is 13.1. The average molecular weight is 243 g/mol. The first-order valence-corrected chi connectivity index (χ1v) is 6.05. The minimum Gasteiger partial charge on any atom is -0.479 e. The first-order valence-electron chi connectivity index (χ1n) is 6.05. The Kier molecular flexibility index (Phi) is 4.51. The van der Waals surface area contributed by atoms with Crippen LogP contribution in [0, 0.1) is 0 Å². The molecule has 0 aliphatic heterocycles. The van der Waals surface area contributed by atoms with Gasteiger partial charge in [-0.1, -0.05) is 12.8 Å². The summed E-state index contributed by atoms with van der Waals surface area (Å²) in [6.45, 7) is 3.60. The van der Waals surface area contributed by atoms with E-state index >= 15 is 0 Å². The Bertz CT molecular complexity index is 305. The van der Waals surface area contributed by atoms with Crippen molar-refractivity contribution in [1.29, 1.82) is 0 Å². The van der Waals surface area contributed by atoms with Crippen LogP contribution in [0.3, 0.4) is 0 Å². The van der Waals surface area contributed by atoms with Crippen molar-refractivity contribution in [2.45, 2.75) is 51.2 Å². The maximum absolute atomic E-state index is 11.7. The molecular formula is C12H21NO4. The molecular weight excluding hydrogens is 222 g/mol. The molecule has 0 radical (unpaired) electrons. The molecule has 1 saturated carbocycles. The van der Waals surface area contributed by atoms with Gasteiger partial charge in [0.25, 0.3) is 0 Å². The number of amides is 1. The maximum Gasteiger partial charge on any atom is 0.332 e. The van der Waals surface area contributed by atoms with Crippen LogP contribution in [0.2, 0.25) is 0 Å². The highest BCUT2D eigenvalue weighted by atomic mass is 16.5. The summed E-state index contributed by atoms with van der Waals surface area (Å²) in [4.78, 5) is 24.8. The average Bonchev–Trinajstić information content (AvgIpc) is 2.29. The molecule has 1 aliphatic carbocycles. The highest BCUT2D eigenvalue weighted by molar-refractivity contribution is 5.87. The Morgan fingerprint density at radius 3 is 2.53 bits per heavy atom. The van der Waals surface area contributed by atoms with Crippen molar-refractivity contribution < 1.29 is 19.4 Å². The number of carbonyl (C=O) groups is 2. The summed E-state index contributed by atoms with van der Waals surface area (Å²) in [6.07, 6.45) is 2.50. The van der Waals surface area contributed by atoms with Crippen molar-refractivity contribution >= 4 is 11.9 Å². The molecule has 0 aromatic rings. The standard InChI is InChI=1S/C12H21NO4/c1-4-13(9(2)14)12(11(15)16)8-6-5-7-10(12)17-3/h10H,4-8H2,1-3H3,(H,15,16). The van der Waals surface area contributed by atoms with E-state index in [9.17, 15) is 14.7 Å². The van der Waals surface area contributed by atoms with E-state index in [1.807, 2.05) is 0 Å². The van der Waals surface area contributed by atoms with Crippen LogP contribution in [0.5, 0.6) is 0 Å². The topological polar surface area (TPSA) is 66.8 Å². The molecule has 0 bridgehead atoms. The summed E-state index contributed by atoms with van der Waals surface area (Å²) >= 11 is 0. The number of carboxylic acids is 1. The van der Waals surface area contributed by atoms with Crippen molar-refractivity contribution in [3.63, 3.8) is 0 Å². The van der Waals surface area contributed by atoms with E-state index in [1.165, 1.54) is 18.9 Å². The Labute approximate surface area is 102 Å². The monoisotopic (exact) mass is 243 g/mol. The lowest BCUT2D eigenvalue weighted by atomic mass is 9.77. The number of carbonyl (C=O) groups excluding carboxylic acids is 1. The molecule has 0 saturated heterocycles. The minimum atomic E-state index is -1.19. The van der Waals surface area contributed by atoms with Crippen molar-refractivity contribution in [2.75, 3.05) is 13.7 Å². The highest BCUT2D eigenvalue weighted by Gasteiger charge is 2.52. The molecule has 0 heterocycles. The number of rotatable bonds is 4. The SMILES string of the molecule is CCN(C(C)=O)C1(C(=O)O)CCCCC1OC. The highest BCUT2D eigenvalue weighted by Crippen LogP contribution is 2.36. The maximum atomic E-state index is 11.7. The zero-order valence-corrected chi connectivity index (χ0v) is 10.7. The van der Waals surface area contributed by atoms with Crippen LogP contribution in [-0.4, -0.2) is 47.2 Å². The van der Waals surface area contributed by atoms with Crippen LogP contribution in [0.1, 0.15) is 39.5 Å². The number of ether oxygens (including phenoxy) is 1. The van der Waals surface area contributed by atoms with E-state index in [1.54, 1.807) is 6.92 Å². The lowest BCUT2D eigenvalue weighted by Crippen LogP contribution is -2.65. The molecule has 5 nitrogen and oxygen atoms in total. The lowest BCUT2D eigenvalue weighted by molar-refractivity contribution is -0.174. The molecule has 0 aromatic heterocycles. The van der Waals surface area contributed by atoms with Gasteiger partial charge in [-0.05, 0) is 19.8 Å². The van der Waals surface area contributed by atoms with E-state index in [4.69, 9.17) is 4.74 Å². The van der Waals surface area contributed by atoms with Gasteiger partial charge in [0.2, 0.25) is 5.91 Å². The van der Waals surface area contributed by atoms with Gasteiger partial charge in [0, 0.05) is 20.6 Å². The first kappa shape index (κ1) is 14.0. The lowest BCUT2D eigenvalue weighted by Gasteiger charge is -2.46. The molecule has 0 spiro atoms. The van der Waals surface area contributed by atoms with Crippen LogP contribution in [0.25, 0.3) is 0 Å². The third kappa shape index (κ3) is 2.29. The van der Waals surface area contributed by atoms with Gasteiger partial charge in [-0.3, -0.25) is 4.79 Å². The van der Waals surface area contributed by atoms with Crippen molar-refractivity contribution in [3.05, 3.63) is 0 Å². The van der Waals surface area contributed by atoms with Gasteiger partial charge in [0.05, 0.1) is 6.10 Å². The first-order chi connectivity index (χ1) is 8.00. The molecule has 98 valence electrons. The second-order valence-corrected chi connectivity index (χ2v) is 4.46. The smallest absolute Gasteiger partial charge is 0.332 e. The Morgan fingerprint density at radius 2 is 2.12 bits per heavy atom. The number of hydrogen-bond donors (Lipinski definition) is 1. The summed E-state index contributed by atoms with van der Waals surface area (Å²) in [5.41, 5.74) is -1.19. The Morgan fingerprint density at radius 1 is 1.47 bits per heavy atom. The van der Waals surface area contributed by atoms with Crippen LogP contribution in [-0.2, 0) is 14.3 Å². The summed E-state index contributed by atoms with van der Waals surface area (Å²) in [7, 11) is 1.52. The predicted octanol–water partition coefficient (Wildman–Crippen LogP) is 1.27. The Hall–Kier alpha value is -1.10. The molecule has 17 heavy (non-hydrogen) atoms. The molecule has 1 amide bonds. The van der Waals surface area contributed by atoms with Crippen molar-refractivity contribution in [1.82, 2.24) is 4.90 Å². The van der Waals surface area contributed by atoms with Gasteiger partial charge in [0.15, 0.2) is 5.54 Å². The largest absolute Gasteiger partial charge is 0.479 e. The molecule has 1 N–H and O–H groups in total. The predicted molar refractivity (Wildman–Crippen MR) is 62.7 cm³/mol. The molecule has 2 unspecified atom stereocenters. The Balaban J connectivity index is 3.17. The second kappa shape index (κ2) is 5.49. The van der Waals surface area contributed by atoms with Gasteiger partial charge < -0.3 is 14.7 Å². The molecule has 1 aliphatic rings. The fraction of sp³-hybridized carbons (Fsp3) is 0.833. The normalized spacial score (nSPS) is 28.8. The summed E-state index contributed by atoms with van der Waals surface area (Å²) in [5.74, 6) is -1.17. The van der Waals surface area contributed by atoms with Crippen LogP contribution < -0.4 is 0 Å². The van der Waals surface area contributed by atoms with E-state index in [0.29, 0.717) is 19.4 Å². The van der Waals surface area contributed by atoms with E-state index in [0.717, 1.165) is 12.8 Å². The third-order valence-electron chi connectivity index (χ3n) is 3.64. The number of aliphatic carboxylic acids is 1. The van der Waals surface area contributed by atoms with Gasteiger partial charge in [-0.25, -0.2) is 4.79 Å². The van der Waals surface area contributed by atoms with Crippen LogP contribution in [0.15, 0.2) is 0 Å². The van der Waals surface area contributed by atoms with E-state index in [-0.39, 0.29) is 5.91 Å². The quantitative estimate of drug-likeness (QED) is 0.807. The molecule has 0 aromatic carbocycles. The molecule has 5 heteroatoms. The van der Waals surface area contributed by atoms with Crippen LogP contribution >= 0.6 is 0 Å². The number of likely N-dealkylation sites (N-methyl/N-ethyl adjacent to an activating group) is 1. The van der Waals surface area contributed by atoms with E-state index < -0.39 is 17.6 Å². The van der Waals surface area contributed by atoms with Crippen molar-refractivity contribution in [3.8, 4) is 0 Å². The fourth-order valence-electron chi connectivity index (χ4n) is 2.89. The van der Waals surface area contributed by atoms with Crippen molar-refractivity contribution in [2.24, 2.45) is 0 Å². The number of nitrogens with zero attached hydrogens (tertiary/aromatic N) is 1. The third-order valence-corrected chi connectivity index (χ3v) is 3.64. The van der Waals surface area contributed by atoms with Gasteiger partial charge in [-0.2, -0.15) is 0 Å². The van der Waals surface area contributed by atoms with Gasteiger partial charge in [0.1, 0.15) is 0 Å². The number of methoxy groups -OCH3 is 1. The fourth-order valence-corrected chi connectivity index (χ4v) is 2.89. The zero-order valence-electron chi connectivity index (χ0n) is 10.7. The van der Waals surface area contributed by atoms with Gasteiger partial charge >= 0.3 is 5.97 Å². The number of carboxylic acid groups (broad SMARTS) is 1. The minimum absolute atomic E-state index is 0.209. The van der Waals surface area contributed by atoms with Crippen LogP contribution in [0.4, 0.5) is 0 Å². The van der Waals surface area contributed by atoms with E-state index in [2.05, 4.69) is 0 Å². The summed E-state index contributed by atoms with van der Waals surface area (Å²) in [5, 5.41) is 9.57. The molecule has 1 fully saturated rings. The summed E-state index contributed by atoms with van der Waals surface area (Å²) < 4.78 is 5.33. The summed E-state index contributed by atoms with van der Waals surface area (Å²) in [6, 6.07) is 0.